The summed E-state index contributed by atoms with van der Waals surface area (Å²) in [6, 6.07) is 0.268. The van der Waals surface area contributed by atoms with Crippen LogP contribution in [0.15, 0.2) is 18.6 Å². The van der Waals surface area contributed by atoms with Gasteiger partial charge in [0.15, 0.2) is 0 Å². The maximum atomic E-state index is 4.45. The zero-order valence-electron chi connectivity index (χ0n) is 11.3. The van der Waals surface area contributed by atoms with Crippen LogP contribution in [-0.2, 0) is 20.0 Å². The van der Waals surface area contributed by atoms with Gasteiger partial charge in [0.2, 0.25) is 0 Å². The van der Waals surface area contributed by atoms with Crippen molar-refractivity contribution in [3.8, 4) is 0 Å². The van der Waals surface area contributed by atoms with Gasteiger partial charge in [0.1, 0.15) is 5.82 Å². The molecule has 5 nitrogen and oxygen atoms in total. The van der Waals surface area contributed by atoms with Crippen LogP contribution in [-0.4, -0.2) is 19.7 Å². The van der Waals surface area contributed by atoms with Gasteiger partial charge < -0.3 is 10.3 Å². The van der Waals surface area contributed by atoms with Crippen molar-refractivity contribution in [1.82, 2.24) is 25.1 Å². The van der Waals surface area contributed by atoms with Crippen LogP contribution in [0.25, 0.3) is 0 Å². The van der Waals surface area contributed by atoms with Gasteiger partial charge in [-0.05, 0) is 12.8 Å². The fourth-order valence-corrected chi connectivity index (χ4v) is 2.16. The average molecular weight is 247 g/mol. The maximum Gasteiger partial charge on any atom is 0.123 e. The van der Waals surface area contributed by atoms with Crippen LogP contribution in [0.1, 0.15) is 43.4 Å². The molecular weight excluding hydrogens is 226 g/mol. The monoisotopic (exact) mass is 247 g/mol. The normalized spacial score (nSPS) is 12.8. The molecule has 2 heterocycles. The summed E-state index contributed by atoms with van der Waals surface area (Å²) in [7, 11) is 1.96. The van der Waals surface area contributed by atoms with Gasteiger partial charge in [0, 0.05) is 37.7 Å². The molecule has 0 aliphatic carbocycles. The second-order valence-corrected chi connectivity index (χ2v) is 4.44. The SMILES string of the molecule is CCc1nn(C)cc1CNC(CC)c1ncc[nH]1. The van der Waals surface area contributed by atoms with Crippen molar-refractivity contribution in [2.24, 2.45) is 7.05 Å². The molecule has 0 aromatic carbocycles. The first-order chi connectivity index (χ1) is 8.74. The minimum Gasteiger partial charge on any atom is -0.347 e. The molecule has 98 valence electrons. The molecule has 5 heteroatoms. The van der Waals surface area contributed by atoms with Crippen LogP contribution < -0.4 is 5.32 Å². The lowest BCUT2D eigenvalue weighted by Gasteiger charge is -2.14. The Morgan fingerprint density at radius 3 is 2.89 bits per heavy atom. The van der Waals surface area contributed by atoms with Crippen LogP contribution in [0.5, 0.6) is 0 Å². The summed E-state index contributed by atoms with van der Waals surface area (Å²) < 4.78 is 1.88. The molecule has 18 heavy (non-hydrogen) atoms. The summed E-state index contributed by atoms with van der Waals surface area (Å²) in [5, 5.41) is 7.98. The van der Waals surface area contributed by atoms with Crippen molar-refractivity contribution in [1.29, 1.82) is 0 Å². The number of H-pyrrole nitrogens is 1. The van der Waals surface area contributed by atoms with E-state index >= 15 is 0 Å². The lowest BCUT2D eigenvalue weighted by atomic mass is 10.1. The number of nitrogens with one attached hydrogen (secondary N) is 2. The molecule has 0 fully saturated rings. The van der Waals surface area contributed by atoms with E-state index in [9.17, 15) is 0 Å². The van der Waals surface area contributed by atoms with Crippen molar-refractivity contribution in [3.05, 3.63) is 35.7 Å². The van der Waals surface area contributed by atoms with E-state index in [-0.39, 0.29) is 6.04 Å². The highest BCUT2D eigenvalue weighted by molar-refractivity contribution is 5.17. The number of aryl methyl sites for hydroxylation is 2. The molecule has 0 saturated heterocycles. The summed E-state index contributed by atoms with van der Waals surface area (Å²) in [5.41, 5.74) is 2.43. The number of aromatic amines is 1. The van der Waals surface area contributed by atoms with Gasteiger partial charge in [0.05, 0.1) is 11.7 Å². The van der Waals surface area contributed by atoms with Crippen LogP contribution in [0.4, 0.5) is 0 Å². The minimum absolute atomic E-state index is 0.268. The second kappa shape index (κ2) is 5.82. The third kappa shape index (κ3) is 2.79. The smallest absolute Gasteiger partial charge is 0.123 e. The molecule has 1 unspecified atom stereocenters. The van der Waals surface area contributed by atoms with E-state index in [2.05, 4.69) is 40.4 Å². The van der Waals surface area contributed by atoms with E-state index in [1.807, 2.05) is 17.9 Å². The van der Waals surface area contributed by atoms with Gasteiger partial charge in [-0.3, -0.25) is 4.68 Å². The zero-order valence-corrected chi connectivity index (χ0v) is 11.3. The van der Waals surface area contributed by atoms with E-state index in [0.717, 1.165) is 25.2 Å². The number of hydrogen-bond acceptors (Lipinski definition) is 3. The Hall–Kier alpha value is -1.62. The number of imidazole rings is 1. The fraction of sp³-hybridized carbons (Fsp3) is 0.538. The number of hydrogen-bond donors (Lipinski definition) is 2. The van der Waals surface area contributed by atoms with E-state index in [1.165, 1.54) is 11.3 Å². The van der Waals surface area contributed by atoms with Gasteiger partial charge in [-0.25, -0.2) is 4.98 Å². The molecule has 1 atom stereocenters. The van der Waals surface area contributed by atoms with Gasteiger partial charge in [-0.1, -0.05) is 13.8 Å². The number of aromatic nitrogens is 4. The van der Waals surface area contributed by atoms with Crippen molar-refractivity contribution >= 4 is 0 Å². The standard InChI is InChI=1S/C13H21N5/c1-4-11-10(9-18(3)17-11)8-16-12(5-2)13-14-6-7-15-13/h6-7,9,12,16H,4-5,8H2,1-3H3,(H,14,15). The van der Waals surface area contributed by atoms with Crippen LogP contribution in [0.3, 0.4) is 0 Å². The summed E-state index contributed by atoms with van der Waals surface area (Å²) in [4.78, 5) is 7.47. The van der Waals surface area contributed by atoms with Gasteiger partial charge in [0.25, 0.3) is 0 Å². The second-order valence-electron chi connectivity index (χ2n) is 4.44. The third-order valence-corrected chi connectivity index (χ3v) is 3.12. The molecule has 0 spiro atoms. The van der Waals surface area contributed by atoms with Crippen molar-refractivity contribution in [2.45, 2.75) is 39.3 Å². The summed E-state index contributed by atoms with van der Waals surface area (Å²) in [5.74, 6) is 0.999. The summed E-state index contributed by atoms with van der Waals surface area (Å²) in [6.45, 7) is 5.12. The highest BCUT2D eigenvalue weighted by atomic mass is 15.3. The third-order valence-electron chi connectivity index (χ3n) is 3.12. The molecule has 2 rings (SSSR count). The van der Waals surface area contributed by atoms with E-state index in [0.29, 0.717) is 0 Å². The Morgan fingerprint density at radius 1 is 1.44 bits per heavy atom. The van der Waals surface area contributed by atoms with Gasteiger partial charge in [-0.2, -0.15) is 5.10 Å². The lowest BCUT2D eigenvalue weighted by Crippen LogP contribution is -2.21. The minimum atomic E-state index is 0.268. The van der Waals surface area contributed by atoms with Crippen LogP contribution in [0, 0.1) is 0 Å². The van der Waals surface area contributed by atoms with E-state index in [1.54, 1.807) is 6.20 Å². The lowest BCUT2D eigenvalue weighted by molar-refractivity contribution is 0.496. The Labute approximate surface area is 108 Å². The first kappa shape index (κ1) is 12.8. The first-order valence-electron chi connectivity index (χ1n) is 6.48. The topological polar surface area (TPSA) is 58.5 Å². The fourth-order valence-electron chi connectivity index (χ4n) is 2.16. The Bertz CT molecular complexity index is 472. The molecule has 0 radical (unpaired) electrons. The molecular formula is C13H21N5. The Balaban J connectivity index is 2.01. The van der Waals surface area contributed by atoms with Crippen molar-refractivity contribution in [3.63, 3.8) is 0 Å². The zero-order chi connectivity index (χ0) is 13.0. The number of nitrogens with zero attached hydrogens (tertiary/aromatic N) is 3. The van der Waals surface area contributed by atoms with Crippen LogP contribution in [0.2, 0.25) is 0 Å². The van der Waals surface area contributed by atoms with Crippen molar-refractivity contribution in [2.75, 3.05) is 0 Å². The molecule has 0 bridgehead atoms. The van der Waals surface area contributed by atoms with Crippen LogP contribution >= 0.6 is 0 Å². The average Bonchev–Trinajstić information content (AvgIpc) is 2.99. The Morgan fingerprint density at radius 2 is 2.28 bits per heavy atom. The highest BCUT2D eigenvalue weighted by Crippen LogP contribution is 2.14. The summed E-state index contributed by atoms with van der Waals surface area (Å²) >= 11 is 0. The van der Waals surface area contributed by atoms with Gasteiger partial charge >= 0.3 is 0 Å². The highest BCUT2D eigenvalue weighted by Gasteiger charge is 2.12. The van der Waals surface area contributed by atoms with E-state index < -0.39 is 0 Å². The largest absolute Gasteiger partial charge is 0.347 e. The molecule has 0 aliphatic heterocycles. The molecule has 0 amide bonds. The summed E-state index contributed by atoms with van der Waals surface area (Å²) in [6.07, 6.45) is 7.72. The molecule has 2 aromatic rings. The molecule has 0 saturated carbocycles. The van der Waals surface area contributed by atoms with Gasteiger partial charge in [-0.15, -0.1) is 0 Å². The Kier molecular flexibility index (Phi) is 4.15. The molecule has 2 N–H and O–H groups in total. The maximum absolute atomic E-state index is 4.45. The number of rotatable bonds is 6. The first-order valence-corrected chi connectivity index (χ1v) is 6.48. The quantitative estimate of drug-likeness (QED) is 0.820. The van der Waals surface area contributed by atoms with Crippen molar-refractivity contribution < 1.29 is 0 Å². The molecule has 0 aliphatic rings. The predicted molar refractivity (Wildman–Crippen MR) is 71.0 cm³/mol. The predicted octanol–water partition coefficient (Wildman–Crippen LogP) is 1.95. The van der Waals surface area contributed by atoms with E-state index in [4.69, 9.17) is 0 Å². The molecule has 2 aromatic heterocycles.